The van der Waals surface area contributed by atoms with Crippen LogP contribution in [0, 0.1) is 11.2 Å². The van der Waals surface area contributed by atoms with Crippen molar-refractivity contribution in [3.8, 4) is 0 Å². The molecule has 0 radical (unpaired) electrons. The summed E-state index contributed by atoms with van der Waals surface area (Å²) in [6, 6.07) is 6.15. The van der Waals surface area contributed by atoms with E-state index in [4.69, 9.17) is 5.73 Å². The van der Waals surface area contributed by atoms with Crippen molar-refractivity contribution in [1.29, 1.82) is 0 Å². The summed E-state index contributed by atoms with van der Waals surface area (Å²) < 4.78 is 27.5. The lowest BCUT2D eigenvalue weighted by Gasteiger charge is -2.59. The van der Waals surface area contributed by atoms with E-state index in [0.29, 0.717) is 18.4 Å². The lowest BCUT2D eigenvalue weighted by molar-refractivity contribution is -0.127. The summed E-state index contributed by atoms with van der Waals surface area (Å²) in [5, 5.41) is 0. The molecule has 0 saturated heterocycles. The standard InChI is InChI=1S/C13H15F2N/c14-10-3-1-2-9(4-10)13(15)7-12(8-13)5-11(16)6-12/h1-4,11H,5-8,16H2. The van der Waals surface area contributed by atoms with Gasteiger partial charge in [-0.05, 0) is 48.8 Å². The quantitative estimate of drug-likeness (QED) is 0.778. The van der Waals surface area contributed by atoms with Gasteiger partial charge < -0.3 is 5.73 Å². The average Bonchev–Trinajstić information content (AvgIpc) is 2.13. The van der Waals surface area contributed by atoms with Crippen LogP contribution in [0.25, 0.3) is 0 Å². The Kier molecular flexibility index (Phi) is 1.94. The van der Waals surface area contributed by atoms with Crippen LogP contribution in [0.4, 0.5) is 8.78 Å². The van der Waals surface area contributed by atoms with Gasteiger partial charge >= 0.3 is 0 Å². The molecule has 0 amide bonds. The largest absolute Gasteiger partial charge is 0.328 e. The normalized spacial score (nSPS) is 41.6. The Labute approximate surface area is 93.6 Å². The minimum atomic E-state index is -1.32. The van der Waals surface area contributed by atoms with Gasteiger partial charge in [0, 0.05) is 6.04 Å². The van der Waals surface area contributed by atoms with Crippen molar-refractivity contribution in [2.24, 2.45) is 11.1 Å². The van der Waals surface area contributed by atoms with Crippen molar-refractivity contribution >= 4 is 0 Å². The minimum absolute atomic E-state index is 0.125. The van der Waals surface area contributed by atoms with Crippen LogP contribution in [-0.4, -0.2) is 6.04 Å². The van der Waals surface area contributed by atoms with E-state index in [2.05, 4.69) is 0 Å². The Bertz CT molecular complexity index is 416. The first-order chi connectivity index (χ1) is 7.51. The molecule has 0 heterocycles. The Morgan fingerprint density at radius 1 is 1.25 bits per heavy atom. The molecule has 0 aromatic heterocycles. The molecule has 2 aliphatic rings. The number of hydrogen-bond acceptors (Lipinski definition) is 1. The van der Waals surface area contributed by atoms with Gasteiger partial charge in [0.1, 0.15) is 11.5 Å². The second-order valence-corrected chi connectivity index (χ2v) is 5.50. The van der Waals surface area contributed by atoms with Crippen molar-refractivity contribution in [3.05, 3.63) is 35.6 Å². The third-order valence-electron chi connectivity index (χ3n) is 4.04. The van der Waals surface area contributed by atoms with Crippen LogP contribution in [0.2, 0.25) is 0 Å². The molecule has 0 atom stereocenters. The molecule has 2 N–H and O–H groups in total. The molecule has 1 nitrogen and oxygen atoms in total. The van der Waals surface area contributed by atoms with Crippen molar-refractivity contribution < 1.29 is 8.78 Å². The highest BCUT2D eigenvalue weighted by atomic mass is 19.1. The first-order valence-electron chi connectivity index (χ1n) is 5.72. The highest BCUT2D eigenvalue weighted by molar-refractivity contribution is 5.29. The zero-order valence-electron chi connectivity index (χ0n) is 9.05. The van der Waals surface area contributed by atoms with E-state index < -0.39 is 5.67 Å². The van der Waals surface area contributed by atoms with Crippen LogP contribution < -0.4 is 5.73 Å². The molecular formula is C13H15F2N. The first-order valence-corrected chi connectivity index (χ1v) is 5.72. The molecule has 1 aromatic carbocycles. The van der Waals surface area contributed by atoms with Crippen LogP contribution in [-0.2, 0) is 5.67 Å². The Morgan fingerprint density at radius 3 is 2.50 bits per heavy atom. The summed E-state index contributed by atoms with van der Waals surface area (Å²) in [7, 11) is 0. The van der Waals surface area contributed by atoms with Crippen LogP contribution in [0.15, 0.2) is 24.3 Å². The molecule has 2 saturated carbocycles. The molecule has 2 fully saturated rings. The highest BCUT2D eigenvalue weighted by Gasteiger charge is 2.60. The second-order valence-electron chi connectivity index (χ2n) is 5.50. The Hall–Kier alpha value is -0.960. The summed E-state index contributed by atoms with van der Waals surface area (Å²) in [5.74, 6) is -0.360. The van der Waals surface area contributed by atoms with Gasteiger partial charge in [0.25, 0.3) is 0 Å². The first kappa shape index (κ1) is 10.2. The molecule has 86 valence electrons. The molecular weight excluding hydrogens is 208 g/mol. The van der Waals surface area contributed by atoms with Crippen molar-refractivity contribution in [2.75, 3.05) is 0 Å². The smallest absolute Gasteiger partial charge is 0.137 e. The van der Waals surface area contributed by atoms with Gasteiger partial charge in [0.05, 0.1) is 0 Å². The van der Waals surface area contributed by atoms with Gasteiger partial charge in [-0.3, -0.25) is 0 Å². The van der Waals surface area contributed by atoms with Gasteiger partial charge in [-0.1, -0.05) is 12.1 Å². The molecule has 2 aliphatic carbocycles. The number of nitrogens with two attached hydrogens (primary N) is 1. The molecule has 1 aromatic rings. The van der Waals surface area contributed by atoms with E-state index in [1.807, 2.05) is 0 Å². The molecule has 0 unspecified atom stereocenters. The fourth-order valence-electron chi connectivity index (χ4n) is 3.45. The van der Waals surface area contributed by atoms with Gasteiger partial charge in [0.2, 0.25) is 0 Å². The molecule has 0 aliphatic heterocycles. The third kappa shape index (κ3) is 1.38. The number of halogens is 2. The average molecular weight is 223 g/mol. The fourth-order valence-corrected chi connectivity index (χ4v) is 3.45. The predicted molar refractivity (Wildman–Crippen MR) is 58.1 cm³/mol. The summed E-state index contributed by atoms with van der Waals surface area (Å²) >= 11 is 0. The van der Waals surface area contributed by atoms with E-state index in [1.54, 1.807) is 12.1 Å². The highest BCUT2D eigenvalue weighted by Crippen LogP contribution is 2.65. The molecule has 1 spiro atoms. The zero-order valence-corrected chi connectivity index (χ0v) is 9.05. The van der Waals surface area contributed by atoms with E-state index in [-0.39, 0.29) is 17.3 Å². The fraction of sp³-hybridized carbons (Fsp3) is 0.538. The Morgan fingerprint density at radius 2 is 1.94 bits per heavy atom. The van der Waals surface area contributed by atoms with Gasteiger partial charge in [-0.25, -0.2) is 8.78 Å². The maximum atomic E-state index is 14.5. The van der Waals surface area contributed by atoms with Crippen molar-refractivity contribution in [1.82, 2.24) is 0 Å². The topological polar surface area (TPSA) is 26.0 Å². The molecule has 3 heteroatoms. The number of alkyl halides is 1. The van der Waals surface area contributed by atoms with Crippen LogP contribution in [0.3, 0.4) is 0 Å². The summed E-state index contributed by atoms with van der Waals surface area (Å²) in [5.41, 5.74) is 5.03. The monoisotopic (exact) mass is 223 g/mol. The molecule has 3 rings (SSSR count). The summed E-state index contributed by atoms with van der Waals surface area (Å²) in [4.78, 5) is 0. The van der Waals surface area contributed by atoms with Crippen LogP contribution in [0.1, 0.15) is 31.2 Å². The predicted octanol–water partition coefficient (Wildman–Crippen LogP) is 2.89. The van der Waals surface area contributed by atoms with Gasteiger partial charge in [0.15, 0.2) is 0 Å². The van der Waals surface area contributed by atoms with E-state index in [0.717, 1.165) is 12.8 Å². The van der Waals surface area contributed by atoms with Crippen molar-refractivity contribution in [2.45, 2.75) is 37.4 Å². The zero-order chi connectivity index (χ0) is 11.4. The second kappa shape index (κ2) is 3.04. The SMILES string of the molecule is NC1CC2(C1)CC(F)(c1cccc(F)c1)C2. The van der Waals surface area contributed by atoms with Gasteiger partial charge in [-0.15, -0.1) is 0 Å². The van der Waals surface area contributed by atoms with E-state index in [1.165, 1.54) is 12.1 Å². The van der Waals surface area contributed by atoms with Crippen LogP contribution >= 0.6 is 0 Å². The summed E-state index contributed by atoms with van der Waals surface area (Å²) in [6.45, 7) is 0. The lowest BCUT2D eigenvalue weighted by Crippen LogP contribution is -2.58. The number of hydrogen-bond donors (Lipinski definition) is 1. The number of benzene rings is 1. The maximum absolute atomic E-state index is 14.5. The molecule has 16 heavy (non-hydrogen) atoms. The summed E-state index contributed by atoms with van der Waals surface area (Å²) in [6.07, 6.45) is 2.87. The van der Waals surface area contributed by atoms with E-state index >= 15 is 0 Å². The maximum Gasteiger partial charge on any atom is 0.137 e. The van der Waals surface area contributed by atoms with Crippen LogP contribution in [0.5, 0.6) is 0 Å². The third-order valence-corrected chi connectivity index (χ3v) is 4.04. The Balaban J connectivity index is 1.77. The molecule has 0 bridgehead atoms. The van der Waals surface area contributed by atoms with Gasteiger partial charge in [-0.2, -0.15) is 0 Å². The number of rotatable bonds is 1. The lowest BCUT2D eigenvalue weighted by atomic mass is 9.48. The minimum Gasteiger partial charge on any atom is -0.328 e. The van der Waals surface area contributed by atoms with E-state index in [9.17, 15) is 8.78 Å². The van der Waals surface area contributed by atoms with Crippen molar-refractivity contribution in [3.63, 3.8) is 0 Å².